The van der Waals surface area contributed by atoms with Gasteiger partial charge in [-0.2, -0.15) is 0 Å². The van der Waals surface area contributed by atoms with Gasteiger partial charge in [-0.1, -0.05) is 30.3 Å². The van der Waals surface area contributed by atoms with E-state index >= 15 is 0 Å². The van der Waals surface area contributed by atoms with E-state index in [1.165, 1.54) is 0 Å². The Balaban J connectivity index is 1.91. The maximum Gasteiger partial charge on any atom is 0.261 e. The second-order valence-corrected chi connectivity index (χ2v) is 5.28. The fourth-order valence-corrected chi connectivity index (χ4v) is 2.47. The summed E-state index contributed by atoms with van der Waals surface area (Å²) in [7, 11) is 0. The van der Waals surface area contributed by atoms with Gasteiger partial charge < -0.3 is 9.64 Å². The number of carbonyl (C=O) groups excluding carboxylic acids is 1. The molecule has 0 radical (unpaired) electrons. The van der Waals surface area contributed by atoms with Gasteiger partial charge in [0.1, 0.15) is 5.75 Å². The van der Waals surface area contributed by atoms with Gasteiger partial charge in [0.15, 0.2) is 6.61 Å². The van der Waals surface area contributed by atoms with E-state index in [4.69, 9.17) is 4.74 Å². The fourth-order valence-electron chi connectivity index (χ4n) is 1.75. The molecule has 0 spiro atoms. The van der Waals surface area contributed by atoms with Crippen molar-refractivity contribution in [3.63, 3.8) is 0 Å². The molecule has 0 atom stereocenters. The van der Waals surface area contributed by atoms with Crippen molar-refractivity contribution < 1.29 is 9.53 Å². The molecule has 0 fully saturated rings. The topological polar surface area (TPSA) is 29.5 Å². The van der Waals surface area contributed by atoms with Crippen molar-refractivity contribution in [3.05, 3.63) is 65.4 Å². The van der Waals surface area contributed by atoms with Crippen molar-refractivity contribution >= 4 is 17.2 Å². The summed E-state index contributed by atoms with van der Waals surface area (Å²) in [5.74, 6) is 0.665. The summed E-state index contributed by atoms with van der Waals surface area (Å²) in [6, 6.07) is 13.4. The molecule has 0 unspecified atom stereocenters. The van der Waals surface area contributed by atoms with Gasteiger partial charge in [0, 0.05) is 11.4 Å². The van der Waals surface area contributed by atoms with Crippen molar-refractivity contribution in [2.45, 2.75) is 6.54 Å². The van der Waals surface area contributed by atoms with E-state index in [-0.39, 0.29) is 12.5 Å². The lowest BCUT2D eigenvalue weighted by molar-refractivity contribution is -0.133. The minimum atomic E-state index is -0.0397. The number of hydrogen-bond acceptors (Lipinski definition) is 3. The zero-order chi connectivity index (χ0) is 14.2. The summed E-state index contributed by atoms with van der Waals surface area (Å²) >= 11 is 1.64. The Kier molecular flexibility index (Phi) is 5.38. The van der Waals surface area contributed by atoms with E-state index in [0.29, 0.717) is 18.8 Å². The normalized spacial score (nSPS) is 10.0. The molecular weight excluding hydrogens is 270 g/mol. The number of carbonyl (C=O) groups is 1. The van der Waals surface area contributed by atoms with E-state index in [1.807, 2.05) is 47.8 Å². The van der Waals surface area contributed by atoms with E-state index in [2.05, 4.69) is 6.58 Å². The highest BCUT2D eigenvalue weighted by molar-refractivity contribution is 7.09. The monoisotopic (exact) mass is 287 g/mol. The number of thiophene rings is 1. The van der Waals surface area contributed by atoms with Gasteiger partial charge in [0.25, 0.3) is 5.91 Å². The largest absolute Gasteiger partial charge is 0.484 e. The van der Waals surface area contributed by atoms with Crippen LogP contribution in [-0.4, -0.2) is 24.0 Å². The smallest absolute Gasteiger partial charge is 0.261 e. The average Bonchev–Trinajstić information content (AvgIpc) is 2.98. The molecule has 1 aromatic heterocycles. The Bertz CT molecular complexity index is 537. The van der Waals surface area contributed by atoms with Crippen LogP contribution in [0.1, 0.15) is 4.88 Å². The standard InChI is InChI=1S/C16H17NO2S/c1-2-10-17(12-15-9-6-11-20-15)16(18)13-19-14-7-4-3-5-8-14/h2-9,11H,1,10,12-13H2. The molecule has 0 saturated carbocycles. The van der Waals surface area contributed by atoms with Crippen LogP contribution in [0.2, 0.25) is 0 Å². The first-order chi connectivity index (χ1) is 9.79. The minimum Gasteiger partial charge on any atom is -0.484 e. The first-order valence-electron chi connectivity index (χ1n) is 6.38. The maximum absolute atomic E-state index is 12.2. The lowest BCUT2D eigenvalue weighted by Gasteiger charge is -2.20. The zero-order valence-electron chi connectivity index (χ0n) is 11.2. The summed E-state index contributed by atoms with van der Waals surface area (Å²) in [5.41, 5.74) is 0. The quantitative estimate of drug-likeness (QED) is 0.731. The molecule has 0 aliphatic heterocycles. The molecule has 4 heteroatoms. The van der Waals surface area contributed by atoms with Crippen molar-refractivity contribution in [2.24, 2.45) is 0 Å². The first kappa shape index (κ1) is 14.3. The van der Waals surface area contributed by atoms with Gasteiger partial charge in [0.2, 0.25) is 0 Å². The zero-order valence-corrected chi connectivity index (χ0v) is 12.0. The summed E-state index contributed by atoms with van der Waals surface area (Å²) in [6.45, 7) is 4.86. The molecule has 0 aliphatic rings. The summed E-state index contributed by atoms with van der Waals surface area (Å²) in [4.78, 5) is 15.1. The predicted molar refractivity (Wildman–Crippen MR) is 81.9 cm³/mol. The Hall–Kier alpha value is -2.07. The molecule has 1 aromatic carbocycles. The molecule has 2 rings (SSSR count). The SMILES string of the molecule is C=CCN(Cc1cccs1)C(=O)COc1ccccc1. The van der Waals surface area contributed by atoms with E-state index < -0.39 is 0 Å². The van der Waals surface area contributed by atoms with Crippen molar-refractivity contribution in [2.75, 3.05) is 13.2 Å². The number of nitrogens with zero attached hydrogens (tertiary/aromatic N) is 1. The van der Waals surface area contributed by atoms with E-state index in [9.17, 15) is 4.79 Å². The van der Waals surface area contributed by atoms with Crippen molar-refractivity contribution in [1.82, 2.24) is 4.90 Å². The second-order valence-electron chi connectivity index (χ2n) is 4.24. The first-order valence-corrected chi connectivity index (χ1v) is 7.26. The highest BCUT2D eigenvalue weighted by Gasteiger charge is 2.13. The molecule has 20 heavy (non-hydrogen) atoms. The van der Waals surface area contributed by atoms with Crippen molar-refractivity contribution in [3.8, 4) is 5.75 Å². The molecule has 1 amide bonds. The van der Waals surface area contributed by atoms with E-state index in [1.54, 1.807) is 22.3 Å². The highest BCUT2D eigenvalue weighted by Crippen LogP contribution is 2.13. The lowest BCUT2D eigenvalue weighted by atomic mass is 10.3. The van der Waals surface area contributed by atoms with Crippen LogP contribution in [0.5, 0.6) is 5.75 Å². The Labute approximate surface area is 123 Å². The average molecular weight is 287 g/mol. The van der Waals surface area contributed by atoms with Crippen LogP contribution in [0.4, 0.5) is 0 Å². The Morgan fingerprint density at radius 2 is 2.05 bits per heavy atom. The van der Waals surface area contributed by atoms with Crippen LogP contribution < -0.4 is 4.74 Å². The van der Waals surface area contributed by atoms with Gasteiger partial charge in [-0.05, 0) is 23.6 Å². The number of hydrogen-bond donors (Lipinski definition) is 0. The van der Waals surface area contributed by atoms with Crippen LogP contribution in [0, 0.1) is 0 Å². The maximum atomic E-state index is 12.2. The third-order valence-corrected chi connectivity index (χ3v) is 3.60. The molecular formula is C16H17NO2S. The molecule has 0 N–H and O–H groups in total. The number of para-hydroxylation sites is 1. The second kappa shape index (κ2) is 7.50. The number of benzene rings is 1. The highest BCUT2D eigenvalue weighted by atomic mass is 32.1. The predicted octanol–water partition coefficient (Wildman–Crippen LogP) is 3.34. The molecule has 2 aromatic rings. The lowest BCUT2D eigenvalue weighted by Crippen LogP contribution is -2.34. The number of rotatable bonds is 7. The van der Waals surface area contributed by atoms with E-state index in [0.717, 1.165) is 4.88 Å². The third-order valence-electron chi connectivity index (χ3n) is 2.73. The molecule has 0 bridgehead atoms. The molecule has 1 heterocycles. The number of ether oxygens (including phenoxy) is 1. The van der Waals surface area contributed by atoms with Crippen LogP contribution >= 0.6 is 11.3 Å². The van der Waals surface area contributed by atoms with Gasteiger partial charge in [-0.15, -0.1) is 17.9 Å². The fraction of sp³-hybridized carbons (Fsp3) is 0.188. The minimum absolute atomic E-state index is 0.0397. The molecule has 0 saturated heterocycles. The van der Waals surface area contributed by atoms with Gasteiger partial charge in [-0.25, -0.2) is 0 Å². The summed E-state index contributed by atoms with van der Waals surface area (Å²) < 4.78 is 5.49. The Morgan fingerprint density at radius 3 is 2.70 bits per heavy atom. The molecule has 3 nitrogen and oxygen atoms in total. The van der Waals surface area contributed by atoms with Crippen LogP contribution in [-0.2, 0) is 11.3 Å². The van der Waals surface area contributed by atoms with Gasteiger partial charge >= 0.3 is 0 Å². The summed E-state index contributed by atoms with van der Waals surface area (Å²) in [6.07, 6.45) is 1.73. The van der Waals surface area contributed by atoms with Crippen molar-refractivity contribution in [1.29, 1.82) is 0 Å². The van der Waals surface area contributed by atoms with Crippen LogP contribution in [0.3, 0.4) is 0 Å². The van der Waals surface area contributed by atoms with Gasteiger partial charge in [0.05, 0.1) is 6.54 Å². The molecule has 104 valence electrons. The molecule has 0 aliphatic carbocycles. The van der Waals surface area contributed by atoms with Crippen LogP contribution in [0.15, 0.2) is 60.5 Å². The van der Waals surface area contributed by atoms with Crippen LogP contribution in [0.25, 0.3) is 0 Å². The summed E-state index contributed by atoms with van der Waals surface area (Å²) in [5, 5.41) is 2.01. The third kappa shape index (κ3) is 4.24. The van der Waals surface area contributed by atoms with Gasteiger partial charge in [-0.3, -0.25) is 4.79 Å². The Morgan fingerprint density at radius 1 is 1.25 bits per heavy atom. The number of amides is 1.